The van der Waals surface area contributed by atoms with Crippen LogP contribution in [-0.4, -0.2) is 31.5 Å². The molecule has 0 aliphatic carbocycles. The Kier molecular flexibility index (Phi) is 8.74. The fourth-order valence-electron chi connectivity index (χ4n) is 2.58. The Balaban J connectivity index is 1.76. The summed E-state index contributed by atoms with van der Waals surface area (Å²) >= 11 is 0. The van der Waals surface area contributed by atoms with E-state index in [4.69, 9.17) is 4.74 Å². The highest BCUT2D eigenvalue weighted by molar-refractivity contribution is 5.88. The summed E-state index contributed by atoms with van der Waals surface area (Å²) < 4.78 is 31.6. The van der Waals surface area contributed by atoms with Crippen molar-refractivity contribution in [2.45, 2.75) is 25.5 Å². The molecule has 0 aliphatic rings. The number of benzene rings is 2. The van der Waals surface area contributed by atoms with Gasteiger partial charge in [-0.3, -0.25) is 9.59 Å². The van der Waals surface area contributed by atoms with Gasteiger partial charge < -0.3 is 20.7 Å². The van der Waals surface area contributed by atoms with Crippen molar-refractivity contribution >= 4 is 17.9 Å². The minimum Gasteiger partial charge on any atom is -0.445 e. The van der Waals surface area contributed by atoms with Crippen molar-refractivity contribution in [2.24, 2.45) is 0 Å². The van der Waals surface area contributed by atoms with Gasteiger partial charge in [0.05, 0.1) is 0 Å². The SMILES string of the molecule is CNC(=O)C(NC(=O)CCCNC(=O)OCc1ccccc1)c1ccc(F)c(F)c1. The zero-order valence-corrected chi connectivity index (χ0v) is 16.4. The highest BCUT2D eigenvalue weighted by Gasteiger charge is 2.22. The van der Waals surface area contributed by atoms with Gasteiger partial charge in [0.25, 0.3) is 0 Å². The molecule has 0 heterocycles. The minimum atomic E-state index is -1.17. The van der Waals surface area contributed by atoms with Crippen LogP contribution in [0.5, 0.6) is 0 Å². The summed E-state index contributed by atoms with van der Waals surface area (Å²) in [7, 11) is 1.37. The third-order valence-corrected chi connectivity index (χ3v) is 4.15. The van der Waals surface area contributed by atoms with Crippen molar-refractivity contribution in [1.29, 1.82) is 0 Å². The van der Waals surface area contributed by atoms with E-state index in [1.807, 2.05) is 30.3 Å². The lowest BCUT2D eigenvalue weighted by molar-refractivity contribution is -0.128. The van der Waals surface area contributed by atoms with Crippen molar-refractivity contribution in [3.05, 3.63) is 71.3 Å². The fraction of sp³-hybridized carbons (Fsp3) is 0.286. The summed E-state index contributed by atoms with van der Waals surface area (Å²) in [5, 5.41) is 7.38. The van der Waals surface area contributed by atoms with Crippen LogP contribution >= 0.6 is 0 Å². The highest BCUT2D eigenvalue weighted by Crippen LogP contribution is 2.17. The number of carbonyl (C=O) groups is 3. The van der Waals surface area contributed by atoms with E-state index in [-0.39, 0.29) is 25.1 Å². The van der Waals surface area contributed by atoms with Gasteiger partial charge in [-0.1, -0.05) is 36.4 Å². The number of amides is 3. The predicted molar refractivity (Wildman–Crippen MR) is 105 cm³/mol. The van der Waals surface area contributed by atoms with E-state index >= 15 is 0 Å². The molecule has 0 spiro atoms. The molecule has 3 N–H and O–H groups in total. The number of hydrogen-bond donors (Lipinski definition) is 3. The van der Waals surface area contributed by atoms with E-state index < -0.39 is 35.6 Å². The molecule has 0 fully saturated rings. The van der Waals surface area contributed by atoms with E-state index in [2.05, 4.69) is 16.0 Å². The van der Waals surface area contributed by atoms with E-state index in [0.29, 0.717) is 6.42 Å². The zero-order chi connectivity index (χ0) is 21.9. The maximum absolute atomic E-state index is 13.5. The first kappa shape index (κ1) is 22.8. The van der Waals surface area contributed by atoms with Gasteiger partial charge in [0.2, 0.25) is 11.8 Å². The average molecular weight is 419 g/mol. The predicted octanol–water partition coefficient (Wildman–Crippen LogP) is 2.57. The fourth-order valence-corrected chi connectivity index (χ4v) is 2.58. The van der Waals surface area contributed by atoms with Crippen LogP contribution in [0, 0.1) is 11.6 Å². The maximum Gasteiger partial charge on any atom is 0.407 e. The highest BCUT2D eigenvalue weighted by atomic mass is 19.2. The first-order chi connectivity index (χ1) is 14.4. The summed E-state index contributed by atoms with van der Waals surface area (Å²) in [5.74, 6) is -3.22. The van der Waals surface area contributed by atoms with Gasteiger partial charge in [-0.05, 0) is 29.7 Å². The van der Waals surface area contributed by atoms with E-state index in [1.165, 1.54) is 13.1 Å². The molecule has 0 aliphatic heterocycles. The second-order valence-corrected chi connectivity index (χ2v) is 6.38. The standard InChI is InChI=1S/C21H23F2N3O4/c1-24-20(28)19(15-9-10-16(22)17(23)12-15)26-18(27)8-5-11-25-21(29)30-13-14-6-3-2-4-7-14/h2-4,6-7,9-10,12,19H,5,8,11,13H2,1H3,(H,24,28)(H,25,29)(H,26,27). The molecule has 7 nitrogen and oxygen atoms in total. The number of carbonyl (C=O) groups excluding carboxylic acids is 3. The Morgan fingerprint density at radius 2 is 1.77 bits per heavy atom. The van der Waals surface area contributed by atoms with Crippen LogP contribution in [0.1, 0.15) is 30.0 Å². The number of halogens is 2. The Hall–Kier alpha value is -3.49. The molecular formula is C21H23F2N3O4. The van der Waals surface area contributed by atoms with Crippen molar-refractivity contribution in [3.63, 3.8) is 0 Å². The smallest absolute Gasteiger partial charge is 0.407 e. The molecule has 0 bridgehead atoms. The molecule has 2 aromatic carbocycles. The first-order valence-corrected chi connectivity index (χ1v) is 9.31. The largest absolute Gasteiger partial charge is 0.445 e. The van der Waals surface area contributed by atoms with Crippen LogP contribution in [0.25, 0.3) is 0 Å². The van der Waals surface area contributed by atoms with Gasteiger partial charge in [0.1, 0.15) is 12.6 Å². The van der Waals surface area contributed by atoms with Crippen molar-refractivity contribution in [1.82, 2.24) is 16.0 Å². The summed E-state index contributed by atoms with van der Waals surface area (Å²) in [6.45, 7) is 0.325. The molecule has 3 amide bonds. The number of ether oxygens (including phenoxy) is 1. The molecular weight excluding hydrogens is 396 g/mol. The average Bonchev–Trinajstić information content (AvgIpc) is 2.75. The molecule has 0 saturated carbocycles. The van der Waals surface area contributed by atoms with E-state index in [1.54, 1.807) is 0 Å². The van der Waals surface area contributed by atoms with E-state index in [9.17, 15) is 23.2 Å². The van der Waals surface area contributed by atoms with Crippen LogP contribution in [-0.2, 0) is 20.9 Å². The lowest BCUT2D eigenvalue weighted by atomic mass is 10.1. The zero-order valence-electron chi connectivity index (χ0n) is 16.4. The first-order valence-electron chi connectivity index (χ1n) is 9.31. The molecule has 0 aromatic heterocycles. The third kappa shape index (κ3) is 7.16. The molecule has 0 radical (unpaired) electrons. The van der Waals surface area contributed by atoms with Crippen LogP contribution in [0.2, 0.25) is 0 Å². The number of hydrogen-bond acceptors (Lipinski definition) is 4. The molecule has 30 heavy (non-hydrogen) atoms. The third-order valence-electron chi connectivity index (χ3n) is 4.15. The molecule has 1 atom stereocenters. The molecule has 160 valence electrons. The monoisotopic (exact) mass is 419 g/mol. The van der Waals surface area contributed by atoms with Crippen LogP contribution in [0.15, 0.2) is 48.5 Å². The number of likely N-dealkylation sites (N-methyl/N-ethyl adjacent to an activating group) is 1. The normalized spacial score (nSPS) is 11.3. The summed E-state index contributed by atoms with van der Waals surface area (Å²) in [5.41, 5.74) is 0.966. The number of alkyl carbamates (subject to hydrolysis) is 1. The van der Waals surface area contributed by atoms with Crippen molar-refractivity contribution < 1.29 is 27.9 Å². The van der Waals surface area contributed by atoms with E-state index in [0.717, 1.165) is 17.7 Å². The van der Waals surface area contributed by atoms with Crippen LogP contribution in [0.3, 0.4) is 0 Å². The van der Waals surface area contributed by atoms with Crippen LogP contribution < -0.4 is 16.0 Å². The topological polar surface area (TPSA) is 96.5 Å². The lowest BCUT2D eigenvalue weighted by Crippen LogP contribution is -2.39. The van der Waals surface area contributed by atoms with Crippen molar-refractivity contribution in [3.8, 4) is 0 Å². The Labute approximate surface area is 172 Å². The quantitative estimate of drug-likeness (QED) is 0.545. The van der Waals surface area contributed by atoms with Crippen LogP contribution in [0.4, 0.5) is 13.6 Å². The number of rotatable bonds is 9. The summed E-state index contributed by atoms with van der Waals surface area (Å²) in [4.78, 5) is 35.8. The molecule has 2 rings (SSSR count). The molecule has 9 heteroatoms. The van der Waals surface area contributed by atoms with Gasteiger partial charge in [0, 0.05) is 20.0 Å². The van der Waals surface area contributed by atoms with Gasteiger partial charge in [-0.15, -0.1) is 0 Å². The van der Waals surface area contributed by atoms with Crippen molar-refractivity contribution in [2.75, 3.05) is 13.6 Å². The molecule has 1 unspecified atom stereocenters. The maximum atomic E-state index is 13.5. The van der Waals surface area contributed by atoms with Gasteiger partial charge >= 0.3 is 6.09 Å². The summed E-state index contributed by atoms with van der Waals surface area (Å²) in [6, 6.07) is 11.0. The van der Waals surface area contributed by atoms with Gasteiger partial charge in [0.15, 0.2) is 11.6 Å². The number of nitrogens with one attached hydrogen (secondary N) is 3. The van der Waals surface area contributed by atoms with Gasteiger partial charge in [-0.25, -0.2) is 13.6 Å². The summed E-state index contributed by atoms with van der Waals surface area (Å²) in [6.07, 6.45) is -0.301. The second-order valence-electron chi connectivity index (χ2n) is 6.38. The molecule has 2 aromatic rings. The second kappa shape index (κ2) is 11.5. The van der Waals surface area contributed by atoms with Gasteiger partial charge in [-0.2, -0.15) is 0 Å². The minimum absolute atomic E-state index is 0.0101. The Morgan fingerprint density at radius 3 is 2.43 bits per heavy atom. The molecule has 0 saturated heterocycles. The lowest BCUT2D eigenvalue weighted by Gasteiger charge is -2.18. The Bertz CT molecular complexity index is 878. The Morgan fingerprint density at radius 1 is 1.03 bits per heavy atom.